The molecule has 126 valence electrons. The van der Waals surface area contributed by atoms with Crippen LogP contribution in [0.25, 0.3) is 0 Å². The maximum Gasteiger partial charge on any atom is 0.258 e. The number of methoxy groups -OCH3 is 1. The molecule has 1 atom stereocenters. The molecule has 2 aromatic carbocycles. The monoisotopic (exact) mass is 323 g/mol. The van der Waals surface area contributed by atoms with Crippen molar-refractivity contribution in [3.8, 4) is 5.75 Å². The first-order valence-corrected chi connectivity index (χ1v) is 8.54. The summed E-state index contributed by atoms with van der Waals surface area (Å²) in [6.45, 7) is 8.33. The van der Waals surface area contributed by atoms with Crippen molar-refractivity contribution < 1.29 is 9.53 Å². The lowest BCUT2D eigenvalue weighted by atomic mass is 9.95. The zero-order valence-corrected chi connectivity index (χ0v) is 15.1. The van der Waals surface area contributed by atoms with Crippen LogP contribution in [0.1, 0.15) is 53.7 Å². The fourth-order valence-corrected chi connectivity index (χ4v) is 3.56. The van der Waals surface area contributed by atoms with Crippen LogP contribution in [0.2, 0.25) is 0 Å². The SMILES string of the molecule is COc1cc(C)c(C(=O)N2c3ccccc3C[C@H]2C)cc1C(C)C. The van der Waals surface area contributed by atoms with Crippen molar-refractivity contribution in [2.45, 2.75) is 46.1 Å². The molecule has 0 radical (unpaired) electrons. The van der Waals surface area contributed by atoms with Gasteiger partial charge in [0.2, 0.25) is 0 Å². The topological polar surface area (TPSA) is 29.5 Å². The van der Waals surface area contributed by atoms with E-state index in [0.717, 1.165) is 34.5 Å². The zero-order chi connectivity index (χ0) is 17.4. The van der Waals surface area contributed by atoms with E-state index < -0.39 is 0 Å². The highest BCUT2D eigenvalue weighted by molar-refractivity contribution is 6.08. The predicted molar refractivity (Wildman–Crippen MR) is 98.2 cm³/mol. The third-order valence-corrected chi connectivity index (χ3v) is 4.86. The fourth-order valence-electron chi connectivity index (χ4n) is 3.56. The second kappa shape index (κ2) is 6.31. The van der Waals surface area contributed by atoms with E-state index in [1.165, 1.54) is 5.56 Å². The molecule has 0 aliphatic carbocycles. The van der Waals surface area contributed by atoms with Gasteiger partial charge in [-0.2, -0.15) is 0 Å². The van der Waals surface area contributed by atoms with Crippen LogP contribution in [0.4, 0.5) is 5.69 Å². The summed E-state index contributed by atoms with van der Waals surface area (Å²) in [5.74, 6) is 1.24. The molecule has 1 amide bonds. The van der Waals surface area contributed by atoms with E-state index in [1.54, 1.807) is 7.11 Å². The van der Waals surface area contributed by atoms with E-state index >= 15 is 0 Å². The molecule has 0 aromatic heterocycles. The van der Waals surface area contributed by atoms with E-state index in [4.69, 9.17) is 4.74 Å². The highest BCUT2D eigenvalue weighted by Gasteiger charge is 2.32. The number of para-hydroxylation sites is 1. The lowest BCUT2D eigenvalue weighted by molar-refractivity contribution is 0.0980. The van der Waals surface area contributed by atoms with Gasteiger partial charge in [-0.25, -0.2) is 0 Å². The summed E-state index contributed by atoms with van der Waals surface area (Å²) in [4.78, 5) is 15.2. The first kappa shape index (κ1) is 16.6. The highest BCUT2D eigenvalue weighted by atomic mass is 16.5. The molecule has 0 bridgehead atoms. The largest absolute Gasteiger partial charge is 0.496 e. The number of carbonyl (C=O) groups is 1. The number of anilines is 1. The lowest BCUT2D eigenvalue weighted by Crippen LogP contribution is -2.36. The third kappa shape index (κ3) is 2.68. The number of fused-ring (bicyclic) bond motifs is 1. The van der Waals surface area contributed by atoms with Crippen LogP contribution in [-0.4, -0.2) is 19.1 Å². The van der Waals surface area contributed by atoms with E-state index in [-0.39, 0.29) is 11.9 Å². The summed E-state index contributed by atoms with van der Waals surface area (Å²) in [7, 11) is 1.68. The maximum atomic E-state index is 13.3. The van der Waals surface area contributed by atoms with Gasteiger partial charge in [-0.15, -0.1) is 0 Å². The minimum atomic E-state index is 0.0782. The Morgan fingerprint density at radius 2 is 1.96 bits per heavy atom. The number of hydrogen-bond acceptors (Lipinski definition) is 2. The molecular weight excluding hydrogens is 298 g/mol. The summed E-state index contributed by atoms with van der Waals surface area (Å²) < 4.78 is 5.50. The van der Waals surface area contributed by atoms with Gasteiger partial charge in [0.25, 0.3) is 5.91 Å². The molecule has 0 unspecified atom stereocenters. The summed E-state index contributed by atoms with van der Waals surface area (Å²) in [6.07, 6.45) is 0.911. The summed E-state index contributed by atoms with van der Waals surface area (Å²) in [6, 6.07) is 12.4. The second-order valence-corrected chi connectivity index (χ2v) is 6.92. The second-order valence-electron chi connectivity index (χ2n) is 6.92. The van der Waals surface area contributed by atoms with Gasteiger partial charge in [0.1, 0.15) is 5.75 Å². The number of rotatable bonds is 3. The molecule has 1 heterocycles. The number of benzene rings is 2. The fraction of sp³-hybridized carbons (Fsp3) is 0.381. The quantitative estimate of drug-likeness (QED) is 0.818. The molecule has 24 heavy (non-hydrogen) atoms. The van der Waals surface area contributed by atoms with E-state index in [9.17, 15) is 4.79 Å². The van der Waals surface area contributed by atoms with Crippen LogP contribution < -0.4 is 9.64 Å². The molecule has 0 fully saturated rings. The van der Waals surface area contributed by atoms with Crippen molar-refractivity contribution in [1.29, 1.82) is 0 Å². The van der Waals surface area contributed by atoms with Crippen LogP contribution in [0.3, 0.4) is 0 Å². The molecule has 3 nitrogen and oxygen atoms in total. The van der Waals surface area contributed by atoms with Gasteiger partial charge in [0.05, 0.1) is 7.11 Å². The highest BCUT2D eigenvalue weighted by Crippen LogP contribution is 2.35. The number of nitrogens with zero attached hydrogens (tertiary/aromatic N) is 1. The Morgan fingerprint density at radius 3 is 2.62 bits per heavy atom. The van der Waals surface area contributed by atoms with Crippen LogP contribution in [0.5, 0.6) is 5.75 Å². The Hall–Kier alpha value is -2.29. The predicted octanol–water partition coefficient (Wildman–Crippen LogP) is 4.72. The van der Waals surface area contributed by atoms with E-state index in [0.29, 0.717) is 5.92 Å². The minimum absolute atomic E-state index is 0.0782. The smallest absolute Gasteiger partial charge is 0.258 e. The van der Waals surface area contributed by atoms with Crippen molar-refractivity contribution in [3.05, 3.63) is 58.7 Å². The molecule has 1 aliphatic rings. The average molecular weight is 323 g/mol. The van der Waals surface area contributed by atoms with Crippen molar-refractivity contribution in [1.82, 2.24) is 0 Å². The molecule has 3 rings (SSSR count). The van der Waals surface area contributed by atoms with Crippen LogP contribution in [-0.2, 0) is 6.42 Å². The normalized spacial score (nSPS) is 16.4. The van der Waals surface area contributed by atoms with Gasteiger partial charge in [0, 0.05) is 17.3 Å². The number of amides is 1. The summed E-state index contributed by atoms with van der Waals surface area (Å²) >= 11 is 0. The average Bonchev–Trinajstić information content (AvgIpc) is 2.89. The first-order chi connectivity index (χ1) is 11.4. The van der Waals surface area contributed by atoms with Crippen LogP contribution >= 0.6 is 0 Å². The van der Waals surface area contributed by atoms with Crippen LogP contribution in [0.15, 0.2) is 36.4 Å². The van der Waals surface area contributed by atoms with Crippen molar-refractivity contribution in [2.24, 2.45) is 0 Å². The Balaban J connectivity index is 2.06. The number of aryl methyl sites for hydroxylation is 1. The molecule has 1 aliphatic heterocycles. The van der Waals surface area contributed by atoms with Crippen molar-refractivity contribution >= 4 is 11.6 Å². The van der Waals surface area contributed by atoms with Crippen molar-refractivity contribution in [2.75, 3.05) is 12.0 Å². The van der Waals surface area contributed by atoms with Gasteiger partial charge < -0.3 is 9.64 Å². The lowest BCUT2D eigenvalue weighted by Gasteiger charge is -2.25. The molecule has 3 heteroatoms. The minimum Gasteiger partial charge on any atom is -0.496 e. The van der Waals surface area contributed by atoms with Crippen LogP contribution in [0, 0.1) is 6.92 Å². The number of ether oxygens (including phenoxy) is 1. The Morgan fingerprint density at radius 1 is 1.25 bits per heavy atom. The molecule has 2 aromatic rings. The first-order valence-electron chi connectivity index (χ1n) is 8.54. The van der Waals surface area contributed by atoms with E-state index in [1.807, 2.05) is 42.2 Å². The van der Waals surface area contributed by atoms with Gasteiger partial charge in [-0.1, -0.05) is 32.0 Å². The molecule has 0 saturated heterocycles. The standard InChI is InChI=1S/C21H25NO2/c1-13(2)17-12-18(14(3)10-20(17)24-5)21(23)22-15(4)11-16-8-6-7-9-19(16)22/h6-10,12-13,15H,11H2,1-5H3/t15-/m1/s1. The Bertz CT molecular complexity index is 779. The Kier molecular flexibility index (Phi) is 4.35. The molecule has 0 spiro atoms. The van der Waals surface area contributed by atoms with Gasteiger partial charge >= 0.3 is 0 Å². The zero-order valence-electron chi connectivity index (χ0n) is 15.1. The maximum absolute atomic E-state index is 13.3. The Labute approximate surface area is 144 Å². The number of hydrogen-bond donors (Lipinski definition) is 0. The number of carbonyl (C=O) groups excluding carboxylic acids is 1. The molecular formula is C21H25NO2. The van der Waals surface area contributed by atoms with Gasteiger partial charge in [-0.3, -0.25) is 4.79 Å². The summed E-state index contributed by atoms with van der Waals surface area (Å²) in [5.41, 5.74) is 5.08. The third-order valence-electron chi connectivity index (χ3n) is 4.86. The molecule has 0 N–H and O–H groups in total. The van der Waals surface area contributed by atoms with Crippen molar-refractivity contribution in [3.63, 3.8) is 0 Å². The van der Waals surface area contributed by atoms with E-state index in [2.05, 4.69) is 26.8 Å². The van der Waals surface area contributed by atoms with Gasteiger partial charge in [-0.05, 0) is 61.1 Å². The summed E-state index contributed by atoms with van der Waals surface area (Å²) in [5, 5.41) is 0. The van der Waals surface area contributed by atoms with Gasteiger partial charge in [0.15, 0.2) is 0 Å². The molecule has 0 saturated carbocycles.